The molecule has 0 aliphatic carbocycles. The molecule has 0 fully saturated rings. The first-order valence-electron chi connectivity index (χ1n) is 10.5. The van der Waals surface area contributed by atoms with E-state index in [-0.39, 0.29) is 24.9 Å². The van der Waals surface area contributed by atoms with Crippen molar-refractivity contribution in [2.45, 2.75) is 19.8 Å². The molecule has 5 heteroatoms. The normalized spacial score (nSPS) is 10.7. The van der Waals surface area contributed by atoms with Gasteiger partial charge in [-0.2, -0.15) is 0 Å². The molecule has 3 aromatic rings. The number of nitrogens with one attached hydrogen (secondary N) is 2. The van der Waals surface area contributed by atoms with Crippen LogP contribution >= 0.6 is 0 Å². The highest BCUT2D eigenvalue weighted by molar-refractivity contribution is 5.95. The van der Waals surface area contributed by atoms with Crippen molar-refractivity contribution < 1.29 is 9.59 Å². The average Bonchev–Trinajstić information content (AvgIpc) is 2.76. The Morgan fingerprint density at radius 2 is 1.19 bits per heavy atom. The molecule has 0 saturated heterocycles. The second kappa shape index (κ2) is 11.1. The van der Waals surface area contributed by atoms with Crippen molar-refractivity contribution in [2.24, 2.45) is 0 Å². The van der Waals surface area contributed by atoms with Crippen molar-refractivity contribution in [2.75, 3.05) is 30.8 Å². The largest absolute Gasteiger partial charge is 0.325 e. The number of para-hydroxylation sites is 2. The summed E-state index contributed by atoms with van der Waals surface area (Å²) in [5.41, 5.74) is 4.95. The molecule has 2 amide bonds. The fourth-order valence-electron chi connectivity index (χ4n) is 3.49. The second-order valence-corrected chi connectivity index (χ2v) is 7.60. The van der Waals surface area contributed by atoms with Crippen molar-refractivity contribution in [3.8, 4) is 0 Å². The SMILES string of the molecule is CCc1ccccc1NC(=O)CN(C)CC(=O)Nc1ccccc1Cc1ccccc1. The second-order valence-electron chi connectivity index (χ2n) is 7.60. The van der Waals surface area contributed by atoms with Gasteiger partial charge in [-0.1, -0.05) is 73.7 Å². The minimum Gasteiger partial charge on any atom is -0.325 e. The van der Waals surface area contributed by atoms with Gasteiger partial charge in [-0.3, -0.25) is 14.5 Å². The van der Waals surface area contributed by atoms with Crippen molar-refractivity contribution in [1.82, 2.24) is 4.90 Å². The highest BCUT2D eigenvalue weighted by atomic mass is 16.2. The Morgan fingerprint density at radius 1 is 0.710 bits per heavy atom. The van der Waals surface area contributed by atoms with Gasteiger partial charge < -0.3 is 10.6 Å². The lowest BCUT2D eigenvalue weighted by atomic mass is 10.0. The highest BCUT2D eigenvalue weighted by Gasteiger charge is 2.13. The van der Waals surface area contributed by atoms with Crippen LogP contribution in [0.15, 0.2) is 78.9 Å². The first-order chi connectivity index (χ1) is 15.0. The fraction of sp³-hybridized carbons (Fsp3) is 0.231. The Labute approximate surface area is 184 Å². The molecule has 0 atom stereocenters. The van der Waals surface area contributed by atoms with Gasteiger partial charge in [-0.15, -0.1) is 0 Å². The number of rotatable bonds is 9. The van der Waals surface area contributed by atoms with Crippen LogP contribution in [0.25, 0.3) is 0 Å². The van der Waals surface area contributed by atoms with Crippen LogP contribution < -0.4 is 10.6 Å². The van der Waals surface area contributed by atoms with E-state index in [4.69, 9.17) is 0 Å². The maximum absolute atomic E-state index is 12.6. The monoisotopic (exact) mass is 415 g/mol. The maximum Gasteiger partial charge on any atom is 0.238 e. The standard InChI is InChI=1S/C26H29N3O2/c1-3-21-13-7-9-15-23(21)27-25(30)18-29(2)19-26(31)28-24-16-10-8-14-22(24)17-20-11-5-4-6-12-20/h4-16H,3,17-19H2,1-2H3,(H,27,30)(H,28,31). The molecule has 0 heterocycles. The molecular formula is C26H29N3O2. The lowest BCUT2D eigenvalue weighted by Crippen LogP contribution is -2.36. The van der Waals surface area contributed by atoms with E-state index in [1.54, 1.807) is 11.9 Å². The number of likely N-dealkylation sites (N-methyl/N-ethyl adjacent to an activating group) is 1. The summed E-state index contributed by atoms with van der Waals surface area (Å²) in [4.78, 5) is 26.7. The summed E-state index contributed by atoms with van der Waals surface area (Å²) < 4.78 is 0. The van der Waals surface area contributed by atoms with Crippen LogP contribution in [0, 0.1) is 0 Å². The quantitative estimate of drug-likeness (QED) is 0.546. The molecular weight excluding hydrogens is 386 g/mol. The number of amides is 2. The molecule has 5 nitrogen and oxygen atoms in total. The third kappa shape index (κ3) is 6.79. The maximum atomic E-state index is 12.6. The summed E-state index contributed by atoms with van der Waals surface area (Å²) in [6, 6.07) is 25.7. The van der Waals surface area contributed by atoms with Gasteiger partial charge in [0.05, 0.1) is 13.1 Å². The van der Waals surface area contributed by atoms with E-state index in [9.17, 15) is 9.59 Å². The van der Waals surface area contributed by atoms with Crippen LogP contribution in [0.2, 0.25) is 0 Å². The average molecular weight is 416 g/mol. The first kappa shape index (κ1) is 22.2. The van der Waals surface area contributed by atoms with E-state index in [0.717, 1.165) is 35.3 Å². The minimum absolute atomic E-state index is 0.127. The fourth-order valence-corrected chi connectivity index (χ4v) is 3.49. The van der Waals surface area contributed by atoms with E-state index < -0.39 is 0 Å². The topological polar surface area (TPSA) is 61.4 Å². The van der Waals surface area contributed by atoms with Gasteiger partial charge >= 0.3 is 0 Å². The van der Waals surface area contributed by atoms with E-state index in [0.29, 0.717) is 0 Å². The van der Waals surface area contributed by atoms with Gasteiger partial charge in [0.15, 0.2) is 0 Å². The number of anilines is 2. The molecule has 160 valence electrons. The first-order valence-corrected chi connectivity index (χ1v) is 10.5. The molecule has 0 spiro atoms. The lowest BCUT2D eigenvalue weighted by Gasteiger charge is -2.18. The van der Waals surface area contributed by atoms with Crippen molar-refractivity contribution >= 4 is 23.2 Å². The van der Waals surface area contributed by atoms with Crippen LogP contribution in [0.3, 0.4) is 0 Å². The van der Waals surface area contributed by atoms with Gasteiger partial charge in [-0.25, -0.2) is 0 Å². The molecule has 0 radical (unpaired) electrons. The molecule has 0 aromatic heterocycles. The molecule has 0 saturated carbocycles. The predicted molar refractivity (Wildman–Crippen MR) is 126 cm³/mol. The molecule has 0 unspecified atom stereocenters. The summed E-state index contributed by atoms with van der Waals surface area (Å²) >= 11 is 0. The summed E-state index contributed by atoms with van der Waals surface area (Å²) in [5.74, 6) is -0.287. The van der Waals surface area contributed by atoms with Gasteiger partial charge in [0, 0.05) is 11.4 Å². The Hall–Kier alpha value is -3.44. The number of nitrogens with zero attached hydrogens (tertiary/aromatic N) is 1. The Morgan fingerprint density at radius 3 is 1.77 bits per heavy atom. The molecule has 0 aliphatic heterocycles. The number of carbonyl (C=O) groups is 2. The van der Waals surface area contributed by atoms with Crippen LogP contribution in [0.1, 0.15) is 23.6 Å². The van der Waals surface area contributed by atoms with E-state index >= 15 is 0 Å². The van der Waals surface area contributed by atoms with Gasteiger partial charge in [0.2, 0.25) is 11.8 Å². The summed E-state index contributed by atoms with van der Waals surface area (Å²) in [5, 5.41) is 5.93. The zero-order valence-corrected chi connectivity index (χ0v) is 18.1. The molecule has 3 rings (SSSR count). The van der Waals surface area contributed by atoms with Crippen LogP contribution in [-0.4, -0.2) is 36.9 Å². The third-order valence-corrected chi connectivity index (χ3v) is 5.03. The number of hydrogen-bond donors (Lipinski definition) is 2. The Kier molecular flexibility index (Phi) is 7.96. The Bertz CT molecular complexity index is 1020. The summed E-state index contributed by atoms with van der Waals surface area (Å²) in [6.45, 7) is 2.32. The zero-order valence-electron chi connectivity index (χ0n) is 18.1. The molecule has 3 aromatic carbocycles. The molecule has 0 aliphatic rings. The number of carbonyl (C=O) groups excluding carboxylic acids is 2. The predicted octanol–water partition coefficient (Wildman–Crippen LogP) is 4.35. The molecule has 2 N–H and O–H groups in total. The minimum atomic E-state index is -0.148. The third-order valence-electron chi connectivity index (χ3n) is 5.03. The number of benzene rings is 3. The van der Waals surface area contributed by atoms with Gasteiger partial charge in [0.25, 0.3) is 0 Å². The highest BCUT2D eigenvalue weighted by Crippen LogP contribution is 2.19. The van der Waals surface area contributed by atoms with Crippen molar-refractivity contribution in [3.05, 3.63) is 95.6 Å². The number of hydrogen-bond acceptors (Lipinski definition) is 3. The molecule has 0 bridgehead atoms. The summed E-state index contributed by atoms with van der Waals surface area (Å²) in [7, 11) is 1.76. The summed E-state index contributed by atoms with van der Waals surface area (Å²) in [6.07, 6.45) is 1.59. The lowest BCUT2D eigenvalue weighted by molar-refractivity contribution is -0.119. The van der Waals surface area contributed by atoms with Crippen LogP contribution in [0.5, 0.6) is 0 Å². The van der Waals surface area contributed by atoms with Crippen molar-refractivity contribution in [1.29, 1.82) is 0 Å². The van der Waals surface area contributed by atoms with E-state index in [1.807, 2.05) is 66.7 Å². The van der Waals surface area contributed by atoms with Crippen LogP contribution in [0.4, 0.5) is 11.4 Å². The van der Waals surface area contributed by atoms with E-state index in [2.05, 4.69) is 29.7 Å². The number of aryl methyl sites for hydroxylation is 1. The smallest absolute Gasteiger partial charge is 0.238 e. The van der Waals surface area contributed by atoms with Crippen molar-refractivity contribution in [3.63, 3.8) is 0 Å². The Balaban J connectivity index is 1.54. The van der Waals surface area contributed by atoms with Crippen LogP contribution in [-0.2, 0) is 22.4 Å². The van der Waals surface area contributed by atoms with Gasteiger partial charge in [-0.05, 0) is 48.7 Å². The zero-order chi connectivity index (χ0) is 22.1. The van der Waals surface area contributed by atoms with E-state index in [1.165, 1.54) is 5.56 Å². The van der Waals surface area contributed by atoms with Gasteiger partial charge in [0.1, 0.15) is 0 Å². The molecule has 31 heavy (non-hydrogen) atoms.